The van der Waals surface area contributed by atoms with Gasteiger partial charge in [-0.1, -0.05) is 0 Å². The van der Waals surface area contributed by atoms with Crippen LogP contribution in [0.25, 0.3) is 0 Å². The Labute approximate surface area is 64.4 Å². The quantitative estimate of drug-likeness (QED) is 0.426. The largest absolute Gasteiger partial charge is 0.465 e. The van der Waals surface area contributed by atoms with E-state index in [1.165, 1.54) is 0 Å². The first-order valence-corrected chi connectivity index (χ1v) is 3.51. The van der Waals surface area contributed by atoms with E-state index in [4.69, 9.17) is 15.9 Å². The second kappa shape index (κ2) is 3.06. The molecule has 0 aromatic carbocycles. The van der Waals surface area contributed by atoms with E-state index in [0.29, 0.717) is 13.0 Å². The molecule has 0 unspecified atom stereocenters. The van der Waals surface area contributed by atoms with Crippen LogP contribution in [0, 0.1) is 0 Å². The van der Waals surface area contributed by atoms with E-state index in [9.17, 15) is 4.79 Å². The molecular formula is C6H12N2O3. The van der Waals surface area contributed by atoms with E-state index < -0.39 is 12.2 Å². The summed E-state index contributed by atoms with van der Waals surface area (Å²) in [4.78, 5) is 11.5. The van der Waals surface area contributed by atoms with Gasteiger partial charge < -0.3 is 20.8 Å². The van der Waals surface area contributed by atoms with E-state index in [2.05, 4.69) is 0 Å². The van der Waals surface area contributed by atoms with Crippen molar-refractivity contribution in [1.82, 2.24) is 4.90 Å². The zero-order valence-electron chi connectivity index (χ0n) is 6.10. The maximum atomic E-state index is 10.4. The number of β-amino-alcohol motifs (C(OH)–C–C–N with tert-alkyl or cyclic N) is 1. The van der Waals surface area contributed by atoms with Crippen molar-refractivity contribution in [3.63, 3.8) is 0 Å². The number of hydrogen-bond donors (Lipinski definition) is 3. The van der Waals surface area contributed by atoms with E-state index in [0.717, 1.165) is 4.90 Å². The van der Waals surface area contributed by atoms with Gasteiger partial charge in [0.1, 0.15) is 0 Å². The van der Waals surface area contributed by atoms with Crippen LogP contribution in [0.4, 0.5) is 4.79 Å². The highest BCUT2D eigenvalue weighted by molar-refractivity contribution is 5.65. The van der Waals surface area contributed by atoms with Gasteiger partial charge >= 0.3 is 6.09 Å². The summed E-state index contributed by atoms with van der Waals surface area (Å²) in [7, 11) is 0. The molecule has 64 valence electrons. The lowest BCUT2D eigenvalue weighted by Gasteiger charge is -2.31. The fraction of sp³-hybridized carbons (Fsp3) is 0.833. The fourth-order valence-corrected chi connectivity index (χ4v) is 1.27. The van der Waals surface area contributed by atoms with Crippen molar-refractivity contribution >= 4 is 6.09 Å². The fourth-order valence-electron chi connectivity index (χ4n) is 1.27. The van der Waals surface area contributed by atoms with Gasteiger partial charge in [0.15, 0.2) is 0 Å². The average molecular weight is 160 g/mol. The van der Waals surface area contributed by atoms with Crippen molar-refractivity contribution in [2.75, 3.05) is 13.1 Å². The molecule has 1 aliphatic heterocycles. The molecule has 2 atom stereocenters. The van der Waals surface area contributed by atoms with Crippen LogP contribution >= 0.6 is 0 Å². The van der Waals surface area contributed by atoms with Crippen LogP contribution in [-0.4, -0.2) is 46.4 Å². The minimum absolute atomic E-state index is 0.184. The number of carboxylic acid groups (broad SMARTS) is 1. The lowest BCUT2D eigenvalue weighted by Crippen LogP contribution is -2.50. The van der Waals surface area contributed by atoms with Crippen molar-refractivity contribution in [3.05, 3.63) is 0 Å². The maximum Gasteiger partial charge on any atom is 0.407 e. The number of piperidine rings is 1. The minimum Gasteiger partial charge on any atom is -0.465 e. The molecule has 5 heteroatoms. The molecule has 0 radical (unpaired) electrons. The molecule has 4 N–H and O–H groups in total. The van der Waals surface area contributed by atoms with Crippen molar-refractivity contribution < 1.29 is 15.0 Å². The molecule has 1 fully saturated rings. The van der Waals surface area contributed by atoms with E-state index in [-0.39, 0.29) is 12.6 Å². The van der Waals surface area contributed by atoms with Crippen LogP contribution in [0.5, 0.6) is 0 Å². The average Bonchev–Trinajstić information content (AvgIpc) is 1.85. The summed E-state index contributed by atoms with van der Waals surface area (Å²) in [6.45, 7) is 0.509. The third-order valence-corrected chi connectivity index (χ3v) is 1.73. The Morgan fingerprint density at radius 3 is 2.64 bits per heavy atom. The Balaban J connectivity index is 2.49. The summed E-state index contributed by atoms with van der Waals surface area (Å²) < 4.78 is 0. The van der Waals surface area contributed by atoms with Crippen LogP contribution in [0.2, 0.25) is 0 Å². The van der Waals surface area contributed by atoms with Gasteiger partial charge in [0.2, 0.25) is 0 Å². The number of aliphatic hydroxyl groups is 1. The minimum atomic E-state index is -1.01. The summed E-state index contributed by atoms with van der Waals surface area (Å²) in [5.74, 6) is 0. The van der Waals surface area contributed by atoms with Crippen LogP contribution in [0.15, 0.2) is 0 Å². The number of aliphatic hydroxyl groups excluding tert-OH is 1. The normalized spacial score (nSPS) is 32.0. The molecule has 1 aliphatic rings. The molecule has 5 nitrogen and oxygen atoms in total. The van der Waals surface area contributed by atoms with Gasteiger partial charge in [-0.3, -0.25) is 0 Å². The maximum absolute atomic E-state index is 10.4. The molecule has 1 rings (SSSR count). The van der Waals surface area contributed by atoms with E-state index in [1.54, 1.807) is 0 Å². The van der Waals surface area contributed by atoms with Gasteiger partial charge in [0, 0.05) is 12.6 Å². The van der Waals surface area contributed by atoms with Gasteiger partial charge in [-0.15, -0.1) is 0 Å². The predicted octanol–water partition coefficient (Wildman–Crippen LogP) is -0.942. The molecule has 11 heavy (non-hydrogen) atoms. The molecule has 0 aromatic heterocycles. The van der Waals surface area contributed by atoms with E-state index >= 15 is 0 Å². The smallest absolute Gasteiger partial charge is 0.407 e. The van der Waals surface area contributed by atoms with Gasteiger partial charge in [-0.2, -0.15) is 0 Å². The zero-order valence-corrected chi connectivity index (χ0v) is 6.10. The summed E-state index contributed by atoms with van der Waals surface area (Å²) in [6, 6.07) is -0.227. The molecular weight excluding hydrogens is 148 g/mol. The Morgan fingerprint density at radius 2 is 2.18 bits per heavy atom. The van der Waals surface area contributed by atoms with Crippen molar-refractivity contribution in [2.24, 2.45) is 5.73 Å². The second-order valence-corrected chi connectivity index (χ2v) is 2.84. The highest BCUT2D eigenvalue weighted by atomic mass is 16.4. The number of amides is 1. The molecule has 0 spiro atoms. The number of hydrogen-bond acceptors (Lipinski definition) is 3. The molecule has 1 amide bonds. The van der Waals surface area contributed by atoms with Crippen molar-refractivity contribution in [3.8, 4) is 0 Å². The lowest BCUT2D eigenvalue weighted by atomic mass is 10.1. The number of rotatable bonds is 0. The van der Waals surface area contributed by atoms with Gasteiger partial charge in [0.05, 0.1) is 12.6 Å². The summed E-state index contributed by atoms with van der Waals surface area (Å²) in [5, 5.41) is 17.6. The number of carbonyl (C=O) groups is 1. The topological polar surface area (TPSA) is 86.8 Å². The van der Waals surface area contributed by atoms with Crippen LogP contribution < -0.4 is 5.73 Å². The zero-order chi connectivity index (χ0) is 8.43. The molecule has 0 bridgehead atoms. The third-order valence-electron chi connectivity index (χ3n) is 1.73. The summed E-state index contributed by atoms with van der Waals surface area (Å²) >= 11 is 0. The molecule has 0 aromatic rings. The standard InChI is InChI=1S/C6H12N2O3/c7-4-1-5(9)3-8(2-4)6(10)11/h4-5,9H,1-3,7H2,(H,10,11)/t4-,5+/m0/s1. The van der Waals surface area contributed by atoms with Crippen molar-refractivity contribution in [1.29, 1.82) is 0 Å². The second-order valence-electron chi connectivity index (χ2n) is 2.84. The Kier molecular flexibility index (Phi) is 2.31. The third kappa shape index (κ3) is 2.06. The first-order chi connectivity index (χ1) is 5.09. The summed E-state index contributed by atoms with van der Waals surface area (Å²) in [6.07, 6.45) is -1.13. The monoisotopic (exact) mass is 160 g/mol. The summed E-state index contributed by atoms with van der Waals surface area (Å²) in [5.41, 5.74) is 5.49. The predicted molar refractivity (Wildman–Crippen MR) is 38.2 cm³/mol. The molecule has 1 heterocycles. The van der Waals surface area contributed by atoms with Crippen molar-refractivity contribution in [2.45, 2.75) is 18.6 Å². The van der Waals surface area contributed by atoms with Crippen LogP contribution in [0.3, 0.4) is 0 Å². The molecule has 1 saturated heterocycles. The SMILES string of the molecule is N[C@H]1C[C@@H](O)CN(C(=O)O)C1. The number of likely N-dealkylation sites (tertiary alicyclic amines) is 1. The van der Waals surface area contributed by atoms with Gasteiger partial charge in [-0.05, 0) is 6.42 Å². The number of nitrogens with two attached hydrogens (primary N) is 1. The Hall–Kier alpha value is -0.810. The van der Waals surface area contributed by atoms with Gasteiger partial charge in [0.25, 0.3) is 0 Å². The highest BCUT2D eigenvalue weighted by Crippen LogP contribution is 2.08. The first kappa shape index (κ1) is 8.29. The Morgan fingerprint density at radius 1 is 1.55 bits per heavy atom. The molecule has 0 aliphatic carbocycles. The van der Waals surface area contributed by atoms with Gasteiger partial charge in [-0.25, -0.2) is 4.79 Å². The Bertz CT molecular complexity index is 152. The first-order valence-electron chi connectivity index (χ1n) is 3.51. The van der Waals surface area contributed by atoms with Crippen LogP contribution in [0.1, 0.15) is 6.42 Å². The highest BCUT2D eigenvalue weighted by Gasteiger charge is 2.26. The van der Waals surface area contributed by atoms with Crippen LogP contribution in [-0.2, 0) is 0 Å². The van der Waals surface area contributed by atoms with E-state index in [1.807, 2.05) is 0 Å². The lowest BCUT2D eigenvalue weighted by molar-refractivity contribution is 0.0576. The molecule has 0 saturated carbocycles. The number of nitrogens with zero attached hydrogens (tertiary/aromatic N) is 1.